The summed E-state index contributed by atoms with van der Waals surface area (Å²) in [5, 5.41) is 2.98. The first-order valence-corrected chi connectivity index (χ1v) is 10.3. The first-order valence-electron chi connectivity index (χ1n) is 10.3. The molecule has 0 unspecified atom stereocenters. The Balaban J connectivity index is 1.24. The van der Waals surface area contributed by atoms with Gasteiger partial charge in [-0.3, -0.25) is 9.69 Å². The molecular formula is C23H29N3O2. The minimum absolute atomic E-state index is 0.0153. The van der Waals surface area contributed by atoms with Crippen LogP contribution in [0, 0.1) is 0 Å². The molecule has 148 valence electrons. The summed E-state index contributed by atoms with van der Waals surface area (Å²) >= 11 is 0. The molecule has 2 heterocycles. The first kappa shape index (κ1) is 19.0. The van der Waals surface area contributed by atoms with Crippen LogP contribution in [0.4, 0.5) is 5.69 Å². The van der Waals surface area contributed by atoms with E-state index in [0.717, 1.165) is 57.7 Å². The quantitative estimate of drug-likeness (QED) is 0.838. The number of carbonyl (C=O) groups excluding carboxylic acids is 1. The van der Waals surface area contributed by atoms with Crippen molar-refractivity contribution in [2.75, 3.05) is 44.2 Å². The van der Waals surface area contributed by atoms with Gasteiger partial charge in [0.15, 0.2) is 0 Å². The van der Waals surface area contributed by atoms with E-state index in [4.69, 9.17) is 4.74 Å². The standard InChI is InChI=1S/C23H29N3O2/c27-23(24-17-22-7-4-16-28-22)20-10-8-19(9-11-20)18-25-12-14-26(15-13-25)21-5-2-1-3-6-21/h1-3,5-6,8-11,22H,4,7,12-18H2,(H,24,27)/t22-/m1/s1. The minimum atomic E-state index is -0.0153. The third kappa shape index (κ3) is 4.91. The van der Waals surface area contributed by atoms with Crippen molar-refractivity contribution >= 4 is 11.6 Å². The van der Waals surface area contributed by atoms with E-state index in [2.05, 4.69) is 57.6 Å². The second-order valence-corrected chi connectivity index (χ2v) is 7.64. The van der Waals surface area contributed by atoms with Crippen LogP contribution in [0.3, 0.4) is 0 Å². The van der Waals surface area contributed by atoms with Crippen molar-refractivity contribution in [3.8, 4) is 0 Å². The number of ether oxygens (including phenoxy) is 1. The number of carbonyl (C=O) groups is 1. The van der Waals surface area contributed by atoms with Crippen LogP contribution in [-0.4, -0.2) is 56.2 Å². The number of piperazine rings is 1. The highest BCUT2D eigenvalue weighted by molar-refractivity contribution is 5.94. The Morgan fingerprint density at radius 2 is 1.75 bits per heavy atom. The Bertz CT molecular complexity index is 749. The van der Waals surface area contributed by atoms with E-state index in [0.29, 0.717) is 6.54 Å². The largest absolute Gasteiger partial charge is 0.376 e. The lowest BCUT2D eigenvalue weighted by molar-refractivity contribution is 0.0858. The zero-order chi connectivity index (χ0) is 19.2. The Morgan fingerprint density at radius 1 is 1.00 bits per heavy atom. The van der Waals surface area contributed by atoms with Crippen molar-refractivity contribution in [1.29, 1.82) is 0 Å². The zero-order valence-corrected chi connectivity index (χ0v) is 16.3. The zero-order valence-electron chi connectivity index (χ0n) is 16.3. The number of nitrogens with zero attached hydrogens (tertiary/aromatic N) is 2. The molecule has 1 N–H and O–H groups in total. The number of rotatable bonds is 6. The fraction of sp³-hybridized carbons (Fsp3) is 0.435. The van der Waals surface area contributed by atoms with Gasteiger partial charge in [0.05, 0.1) is 6.10 Å². The molecule has 2 aromatic carbocycles. The van der Waals surface area contributed by atoms with Crippen LogP contribution in [0.15, 0.2) is 54.6 Å². The Labute approximate surface area is 167 Å². The van der Waals surface area contributed by atoms with Gasteiger partial charge in [0.1, 0.15) is 0 Å². The molecule has 4 rings (SSSR count). The van der Waals surface area contributed by atoms with Gasteiger partial charge in [-0.1, -0.05) is 30.3 Å². The highest BCUT2D eigenvalue weighted by Gasteiger charge is 2.18. The van der Waals surface area contributed by atoms with Gasteiger partial charge >= 0.3 is 0 Å². The van der Waals surface area contributed by atoms with E-state index in [1.807, 2.05) is 12.1 Å². The second kappa shape index (κ2) is 9.22. The Hall–Kier alpha value is -2.37. The molecule has 28 heavy (non-hydrogen) atoms. The molecular weight excluding hydrogens is 350 g/mol. The van der Waals surface area contributed by atoms with Gasteiger partial charge in [-0.25, -0.2) is 0 Å². The first-order chi connectivity index (χ1) is 13.8. The molecule has 0 spiro atoms. The van der Waals surface area contributed by atoms with Crippen LogP contribution in [0.2, 0.25) is 0 Å². The highest BCUT2D eigenvalue weighted by Crippen LogP contribution is 2.17. The highest BCUT2D eigenvalue weighted by atomic mass is 16.5. The summed E-state index contributed by atoms with van der Waals surface area (Å²) in [6.07, 6.45) is 2.31. The van der Waals surface area contributed by atoms with Crippen molar-refractivity contribution in [2.45, 2.75) is 25.5 Å². The van der Waals surface area contributed by atoms with Gasteiger partial charge < -0.3 is 15.0 Å². The molecule has 1 atom stereocenters. The lowest BCUT2D eigenvalue weighted by atomic mass is 10.1. The Morgan fingerprint density at radius 3 is 2.43 bits per heavy atom. The summed E-state index contributed by atoms with van der Waals surface area (Å²) < 4.78 is 5.55. The van der Waals surface area contributed by atoms with Gasteiger partial charge in [0, 0.05) is 57.1 Å². The van der Waals surface area contributed by atoms with E-state index >= 15 is 0 Å². The number of para-hydroxylation sites is 1. The molecule has 0 saturated carbocycles. The van der Waals surface area contributed by atoms with Crippen LogP contribution in [0.5, 0.6) is 0 Å². The van der Waals surface area contributed by atoms with Crippen LogP contribution < -0.4 is 10.2 Å². The number of amides is 1. The van der Waals surface area contributed by atoms with E-state index in [9.17, 15) is 4.79 Å². The maximum atomic E-state index is 12.3. The minimum Gasteiger partial charge on any atom is -0.376 e. The SMILES string of the molecule is O=C(NC[C@H]1CCCO1)c1ccc(CN2CCN(c3ccccc3)CC2)cc1. The fourth-order valence-electron chi connectivity index (χ4n) is 3.94. The van der Waals surface area contributed by atoms with Gasteiger partial charge in [0.2, 0.25) is 0 Å². The molecule has 2 saturated heterocycles. The van der Waals surface area contributed by atoms with Crippen molar-refractivity contribution in [1.82, 2.24) is 10.2 Å². The van der Waals surface area contributed by atoms with Crippen LogP contribution >= 0.6 is 0 Å². The van der Waals surface area contributed by atoms with Crippen LogP contribution in [0.1, 0.15) is 28.8 Å². The normalized spacial score (nSPS) is 20.3. The second-order valence-electron chi connectivity index (χ2n) is 7.64. The van der Waals surface area contributed by atoms with Crippen molar-refractivity contribution in [2.24, 2.45) is 0 Å². The molecule has 5 nitrogen and oxygen atoms in total. The van der Waals surface area contributed by atoms with Crippen molar-refractivity contribution in [3.05, 3.63) is 65.7 Å². The summed E-state index contributed by atoms with van der Waals surface area (Å²) in [6, 6.07) is 18.6. The van der Waals surface area contributed by atoms with Crippen LogP contribution in [-0.2, 0) is 11.3 Å². The van der Waals surface area contributed by atoms with E-state index < -0.39 is 0 Å². The predicted octanol–water partition coefficient (Wildman–Crippen LogP) is 2.92. The lowest BCUT2D eigenvalue weighted by Gasteiger charge is -2.36. The van der Waals surface area contributed by atoms with E-state index in [1.165, 1.54) is 11.3 Å². The lowest BCUT2D eigenvalue weighted by Crippen LogP contribution is -2.45. The van der Waals surface area contributed by atoms with Crippen LogP contribution in [0.25, 0.3) is 0 Å². The van der Waals surface area contributed by atoms with Crippen molar-refractivity contribution in [3.63, 3.8) is 0 Å². The summed E-state index contributed by atoms with van der Waals surface area (Å²) in [5.41, 5.74) is 3.28. The third-order valence-electron chi connectivity index (χ3n) is 5.63. The molecule has 0 bridgehead atoms. The molecule has 2 aliphatic rings. The predicted molar refractivity (Wildman–Crippen MR) is 112 cm³/mol. The van der Waals surface area contributed by atoms with Gasteiger partial charge in [-0.15, -0.1) is 0 Å². The maximum Gasteiger partial charge on any atom is 0.251 e. The molecule has 1 amide bonds. The van der Waals surface area contributed by atoms with E-state index in [-0.39, 0.29) is 12.0 Å². The van der Waals surface area contributed by atoms with Gasteiger partial charge in [-0.2, -0.15) is 0 Å². The molecule has 2 aromatic rings. The number of anilines is 1. The topological polar surface area (TPSA) is 44.8 Å². The van der Waals surface area contributed by atoms with Gasteiger partial charge in [-0.05, 0) is 42.7 Å². The third-order valence-corrected chi connectivity index (χ3v) is 5.63. The molecule has 0 radical (unpaired) electrons. The number of hydrogen-bond donors (Lipinski definition) is 1. The molecule has 2 aliphatic heterocycles. The maximum absolute atomic E-state index is 12.3. The number of hydrogen-bond acceptors (Lipinski definition) is 4. The molecule has 2 fully saturated rings. The fourth-order valence-corrected chi connectivity index (χ4v) is 3.94. The summed E-state index contributed by atoms with van der Waals surface area (Å²) in [5.74, 6) is -0.0153. The average molecular weight is 380 g/mol. The average Bonchev–Trinajstić information content (AvgIpc) is 3.27. The monoisotopic (exact) mass is 379 g/mol. The molecule has 0 aromatic heterocycles. The summed E-state index contributed by atoms with van der Waals surface area (Å²) in [4.78, 5) is 17.2. The van der Waals surface area contributed by atoms with Crippen molar-refractivity contribution < 1.29 is 9.53 Å². The summed E-state index contributed by atoms with van der Waals surface area (Å²) in [6.45, 7) is 6.56. The smallest absolute Gasteiger partial charge is 0.251 e. The summed E-state index contributed by atoms with van der Waals surface area (Å²) in [7, 11) is 0. The van der Waals surface area contributed by atoms with Gasteiger partial charge in [0.25, 0.3) is 5.91 Å². The number of benzene rings is 2. The molecule has 5 heteroatoms. The Kier molecular flexibility index (Phi) is 6.24. The van der Waals surface area contributed by atoms with E-state index in [1.54, 1.807) is 0 Å². The number of nitrogens with one attached hydrogen (secondary N) is 1. The molecule has 0 aliphatic carbocycles.